The van der Waals surface area contributed by atoms with Crippen molar-refractivity contribution >= 4 is 5.97 Å². The number of ether oxygens (including phenoxy) is 1. The molecule has 0 aliphatic rings. The van der Waals surface area contributed by atoms with Gasteiger partial charge in [0.25, 0.3) is 0 Å². The lowest BCUT2D eigenvalue weighted by Gasteiger charge is -2.05. The Hall–Kier alpha value is -1.31. The van der Waals surface area contributed by atoms with Gasteiger partial charge in [0, 0.05) is 6.42 Å². The van der Waals surface area contributed by atoms with Crippen LogP contribution in [0.15, 0.2) is 30.3 Å². The van der Waals surface area contributed by atoms with Gasteiger partial charge >= 0.3 is 5.97 Å². The summed E-state index contributed by atoms with van der Waals surface area (Å²) in [6.07, 6.45) is 74.3. The SMILES string of the molecule is CCCCCCCCCCCCCCCCCCCCCCCCCCCCCCCCCCCCCCCCCCCCCCCCCCCCCC(=O)Oc1ccccc1. The summed E-state index contributed by atoms with van der Waals surface area (Å²) in [4.78, 5) is 11.9. The molecule has 0 amide bonds. The Morgan fingerprint density at radius 1 is 0.274 bits per heavy atom. The molecule has 0 saturated carbocycles. The second-order valence-electron chi connectivity index (χ2n) is 20.2. The second-order valence-corrected chi connectivity index (χ2v) is 20.2. The number of unbranched alkanes of at least 4 members (excludes halogenated alkanes) is 50. The molecule has 0 atom stereocenters. The monoisotopic (exact) mass is 865 g/mol. The number of rotatable bonds is 53. The topological polar surface area (TPSA) is 26.3 Å². The molecule has 0 spiro atoms. The minimum Gasteiger partial charge on any atom is -0.427 e. The van der Waals surface area contributed by atoms with E-state index in [1.807, 2.05) is 30.3 Å². The summed E-state index contributed by atoms with van der Waals surface area (Å²) in [5.74, 6) is 0.559. The summed E-state index contributed by atoms with van der Waals surface area (Å²) < 4.78 is 5.36. The second kappa shape index (κ2) is 52.3. The first kappa shape index (κ1) is 58.7. The molecule has 1 aromatic carbocycles. The van der Waals surface area contributed by atoms with E-state index < -0.39 is 0 Å². The first-order valence-corrected chi connectivity index (χ1v) is 29.1. The van der Waals surface area contributed by atoms with Crippen LogP contribution >= 0.6 is 0 Å². The molecule has 0 bridgehead atoms. The number of para-hydroxylation sites is 1. The van der Waals surface area contributed by atoms with Gasteiger partial charge in [0.1, 0.15) is 5.75 Å². The minimum atomic E-state index is -0.0983. The molecule has 1 aromatic rings. The van der Waals surface area contributed by atoms with Crippen LogP contribution in [0.2, 0.25) is 0 Å². The average Bonchev–Trinajstić information content (AvgIpc) is 3.28. The molecule has 62 heavy (non-hydrogen) atoms. The number of carbonyl (C=O) groups is 1. The summed E-state index contributed by atoms with van der Waals surface area (Å²) in [6, 6.07) is 9.41. The van der Waals surface area contributed by atoms with Gasteiger partial charge in [-0.15, -0.1) is 0 Å². The van der Waals surface area contributed by atoms with Gasteiger partial charge in [-0.25, -0.2) is 0 Å². The highest BCUT2D eigenvalue weighted by Crippen LogP contribution is 2.19. The van der Waals surface area contributed by atoms with E-state index in [4.69, 9.17) is 4.74 Å². The zero-order valence-electron chi connectivity index (χ0n) is 42.5. The molecule has 0 radical (unpaired) electrons. The fourth-order valence-electron chi connectivity index (χ4n) is 9.68. The zero-order valence-corrected chi connectivity index (χ0v) is 42.5. The molecule has 2 nitrogen and oxygen atoms in total. The summed E-state index contributed by atoms with van der Waals surface area (Å²) in [6.45, 7) is 2.31. The lowest BCUT2D eigenvalue weighted by Crippen LogP contribution is -2.07. The standard InChI is InChI=1S/C60H112O2/c1-2-3-4-5-6-7-8-9-10-11-12-13-14-15-16-17-18-19-20-21-22-23-24-25-26-27-28-29-30-31-32-33-34-35-36-37-38-39-40-41-42-43-44-45-46-47-48-49-50-51-55-58-60(61)62-59-56-53-52-54-57-59/h52-54,56-57H,2-51,55,58H2,1H3. The number of carbonyl (C=O) groups excluding carboxylic acids is 1. The Kier molecular flexibility index (Phi) is 49.5. The van der Waals surface area contributed by atoms with Crippen LogP contribution in [-0.4, -0.2) is 5.97 Å². The molecule has 0 heterocycles. The molecular weight excluding hydrogens is 753 g/mol. The zero-order chi connectivity index (χ0) is 44.2. The summed E-state index contributed by atoms with van der Waals surface area (Å²) >= 11 is 0. The maximum absolute atomic E-state index is 11.9. The van der Waals surface area contributed by atoms with Crippen molar-refractivity contribution in [3.8, 4) is 5.75 Å². The first-order valence-electron chi connectivity index (χ1n) is 29.1. The van der Waals surface area contributed by atoms with Crippen molar-refractivity contribution in [3.05, 3.63) is 30.3 Å². The maximum Gasteiger partial charge on any atom is 0.311 e. The van der Waals surface area contributed by atoms with Gasteiger partial charge < -0.3 is 4.74 Å². The summed E-state index contributed by atoms with van der Waals surface area (Å²) in [5, 5.41) is 0. The smallest absolute Gasteiger partial charge is 0.311 e. The van der Waals surface area contributed by atoms with Crippen molar-refractivity contribution in [2.24, 2.45) is 0 Å². The third-order valence-electron chi connectivity index (χ3n) is 14.0. The van der Waals surface area contributed by atoms with Crippen molar-refractivity contribution in [1.82, 2.24) is 0 Å². The van der Waals surface area contributed by atoms with Gasteiger partial charge in [0.2, 0.25) is 0 Å². The first-order chi connectivity index (χ1) is 30.8. The number of hydrogen-bond donors (Lipinski definition) is 0. The molecule has 0 unspecified atom stereocenters. The van der Waals surface area contributed by atoms with Crippen LogP contribution < -0.4 is 4.74 Å². The van der Waals surface area contributed by atoms with E-state index in [1.165, 1.54) is 315 Å². The molecule has 0 aromatic heterocycles. The van der Waals surface area contributed by atoms with Crippen molar-refractivity contribution in [3.63, 3.8) is 0 Å². The minimum absolute atomic E-state index is 0.0983. The van der Waals surface area contributed by atoms with Crippen LogP contribution in [0.4, 0.5) is 0 Å². The number of benzene rings is 1. The highest BCUT2D eigenvalue weighted by Gasteiger charge is 2.04. The molecule has 0 N–H and O–H groups in total. The van der Waals surface area contributed by atoms with Gasteiger partial charge in [-0.05, 0) is 18.6 Å². The molecule has 1 rings (SSSR count). The van der Waals surface area contributed by atoms with E-state index in [9.17, 15) is 4.79 Å². The van der Waals surface area contributed by atoms with Crippen LogP contribution in [-0.2, 0) is 4.79 Å². The van der Waals surface area contributed by atoms with Gasteiger partial charge in [-0.1, -0.05) is 346 Å². The van der Waals surface area contributed by atoms with E-state index >= 15 is 0 Å². The molecule has 0 fully saturated rings. The fraction of sp³-hybridized carbons (Fsp3) is 0.883. The van der Waals surface area contributed by atoms with Gasteiger partial charge in [-0.3, -0.25) is 4.79 Å². The van der Waals surface area contributed by atoms with E-state index in [0.717, 1.165) is 12.8 Å². The molecule has 364 valence electrons. The van der Waals surface area contributed by atoms with Crippen LogP contribution in [0.3, 0.4) is 0 Å². The largest absolute Gasteiger partial charge is 0.427 e. The van der Waals surface area contributed by atoms with Crippen LogP contribution in [0.5, 0.6) is 5.75 Å². The molecule has 0 aliphatic heterocycles. The number of hydrogen-bond acceptors (Lipinski definition) is 2. The van der Waals surface area contributed by atoms with Crippen molar-refractivity contribution in [2.75, 3.05) is 0 Å². The molecule has 2 heteroatoms. The third kappa shape index (κ3) is 48.2. The van der Waals surface area contributed by atoms with Gasteiger partial charge in [0.15, 0.2) is 0 Å². The third-order valence-corrected chi connectivity index (χ3v) is 14.0. The van der Waals surface area contributed by atoms with Crippen LogP contribution in [0, 0.1) is 0 Å². The fourth-order valence-corrected chi connectivity index (χ4v) is 9.68. The lowest BCUT2D eigenvalue weighted by molar-refractivity contribution is -0.134. The van der Waals surface area contributed by atoms with Crippen molar-refractivity contribution in [1.29, 1.82) is 0 Å². The Morgan fingerprint density at radius 3 is 0.645 bits per heavy atom. The molecule has 0 aliphatic carbocycles. The Balaban J connectivity index is 1.60. The van der Waals surface area contributed by atoms with E-state index in [-0.39, 0.29) is 5.97 Å². The highest BCUT2D eigenvalue weighted by molar-refractivity contribution is 5.72. The Labute approximate surface area is 390 Å². The quantitative estimate of drug-likeness (QED) is 0.0370. The normalized spacial score (nSPS) is 11.5. The summed E-state index contributed by atoms with van der Waals surface area (Å²) in [7, 11) is 0. The van der Waals surface area contributed by atoms with Crippen molar-refractivity contribution in [2.45, 2.75) is 341 Å². The lowest BCUT2D eigenvalue weighted by atomic mass is 10.0. The van der Waals surface area contributed by atoms with Crippen molar-refractivity contribution < 1.29 is 9.53 Å². The average molecular weight is 866 g/mol. The van der Waals surface area contributed by atoms with Gasteiger partial charge in [0.05, 0.1) is 0 Å². The van der Waals surface area contributed by atoms with E-state index in [1.54, 1.807) is 0 Å². The maximum atomic E-state index is 11.9. The molecule has 0 saturated heterocycles. The van der Waals surface area contributed by atoms with Crippen LogP contribution in [0.1, 0.15) is 341 Å². The Bertz CT molecular complexity index is 957. The Morgan fingerprint density at radius 2 is 0.452 bits per heavy atom. The number of esters is 1. The van der Waals surface area contributed by atoms with Gasteiger partial charge in [-0.2, -0.15) is 0 Å². The van der Waals surface area contributed by atoms with E-state index in [0.29, 0.717) is 12.2 Å². The predicted octanol–water partition coefficient (Wildman–Crippen LogP) is 21.9. The highest BCUT2D eigenvalue weighted by atomic mass is 16.5. The molecular formula is C60H112O2. The predicted molar refractivity (Wildman–Crippen MR) is 278 cm³/mol. The van der Waals surface area contributed by atoms with Crippen LogP contribution in [0.25, 0.3) is 0 Å². The summed E-state index contributed by atoms with van der Waals surface area (Å²) in [5.41, 5.74) is 0. The van der Waals surface area contributed by atoms with E-state index in [2.05, 4.69) is 6.92 Å².